The minimum atomic E-state index is -2.70. The van der Waals surface area contributed by atoms with Crippen LogP contribution in [0.2, 0.25) is 0 Å². The maximum Gasteiger partial charge on any atom is 0.258 e. The van der Waals surface area contributed by atoms with E-state index in [1.165, 1.54) is 19.2 Å². The smallest absolute Gasteiger partial charge is 0.258 e. The molecule has 6 atom stereocenters. The number of hydrogen-bond acceptors (Lipinski definition) is 6. The number of phenols is 1. The minimum Gasteiger partial charge on any atom is -0.504 e. The van der Waals surface area contributed by atoms with Crippen molar-refractivity contribution in [2.45, 2.75) is 41.9 Å². The van der Waals surface area contributed by atoms with Crippen molar-refractivity contribution in [1.29, 1.82) is 0 Å². The first-order chi connectivity index (χ1) is 23.6. The molecule has 4 amide bonds. The fourth-order valence-electron chi connectivity index (χ4n) is 7.96. The number of halogens is 7. The molecule has 0 spiro atoms. The molecule has 2 aliphatic carbocycles. The summed E-state index contributed by atoms with van der Waals surface area (Å²) in [5, 5.41) is 10.7. The number of aromatic hydroxyl groups is 1. The number of aryl methyl sites for hydroxylation is 1. The quantitative estimate of drug-likeness (QED) is 0.0810. The highest BCUT2D eigenvalue weighted by molar-refractivity contribution is 6.58. The number of fused-ring (bicyclic) bond motifs is 4. The summed E-state index contributed by atoms with van der Waals surface area (Å²) in [4.78, 5) is 52.0. The Bertz CT molecular complexity index is 2050. The number of alkyl halides is 2. The summed E-state index contributed by atoms with van der Waals surface area (Å²) >= 11 is 14.2. The Morgan fingerprint density at radius 3 is 2.04 bits per heavy atom. The number of carbonyl (C=O) groups excluding carboxylic acids is 4. The average molecular weight is 735 g/mol. The van der Waals surface area contributed by atoms with E-state index in [0.29, 0.717) is 12.1 Å². The van der Waals surface area contributed by atoms with Gasteiger partial charge in [-0.05, 0) is 60.6 Å². The number of imide groups is 2. The third-order valence-electron chi connectivity index (χ3n) is 10.4. The highest BCUT2D eigenvalue weighted by Crippen LogP contribution is 2.66. The van der Waals surface area contributed by atoms with Crippen molar-refractivity contribution in [3.8, 4) is 11.5 Å². The predicted molar refractivity (Wildman–Crippen MR) is 169 cm³/mol. The molecule has 3 aromatic rings. The number of carbonyl (C=O) groups is 4. The van der Waals surface area contributed by atoms with Gasteiger partial charge in [-0.3, -0.25) is 24.1 Å². The molecular formula is C35H25Cl2F5N2O6. The number of rotatable bonds is 5. The van der Waals surface area contributed by atoms with Gasteiger partial charge >= 0.3 is 0 Å². The monoisotopic (exact) mass is 734 g/mol. The Balaban J connectivity index is 1.42. The number of ether oxygens (including phenoxy) is 1. The maximum absolute atomic E-state index is 15.2. The van der Waals surface area contributed by atoms with Gasteiger partial charge in [0, 0.05) is 5.92 Å². The van der Waals surface area contributed by atoms with Gasteiger partial charge in [0.1, 0.15) is 5.69 Å². The van der Waals surface area contributed by atoms with Crippen molar-refractivity contribution in [2.75, 3.05) is 16.9 Å². The van der Waals surface area contributed by atoms with Gasteiger partial charge in [0.15, 0.2) is 44.5 Å². The van der Waals surface area contributed by atoms with Crippen molar-refractivity contribution in [3.05, 3.63) is 94.3 Å². The van der Waals surface area contributed by atoms with Crippen molar-refractivity contribution in [1.82, 2.24) is 0 Å². The van der Waals surface area contributed by atoms with Crippen molar-refractivity contribution in [3.63, 3.8) is 0 Å². The van der Waals surface area contributed by atoms with Gasteiger partial charge < -0.3 is 9.84 Å². The summed E-state index contributed by atoms with van der Waals surface area (Å²) < 4.78 is 78.4. The number of phenolic OH excluding ortho intramolecular Hbond substituents is 1. The van der Waals surface area contributed by atoms with Crippen molar-refractivity contribution in [2.24, 2.45) is 17.8 Å². The van der Waals surface area contributed by atoms with Gasteiger partial charge in [0.05, 0.1) is 24.6 Å². The molecule has 15 heteroatoms. The highest BCUT2D eigenvalue weighted by atomic mass is 35.5. The molecule has 3 fully saturated rings. The third kappa shape index (κ3) is 4.28. The second-order valence-electron chi connectivity index (χ2n) is 12.7. The molecule has 260 valence electrons. The molecule has 0 radical (unpaired) electrons. The van der Waals surface area contributed by atoms with E-state index in [1.54, 1.807) is 30.3 Å². The first-order valence-corrected chi connectivity index (χ1v) is 16.2. The minimum absolute atomic E-state index is 0.00212. The first kappa shape index (κ1) is 34.0. The molecule has 2 heterocycles. The zero-order valence-electron chi connectivity index (χ0n) is 26.1. The van der Waals surface area contributed by atoms with Crippen LogP contribution in [-0.4, -0.2) is 45.6 Å². The van der Waals surface area contributed by atoms with E-state index in [2.05, 4.69) is 0 Å². The Morgan fingerprint density at radius 2 is 1.46 bits per heavy atom. The number of anilines is 2. The van der Waals surface area contributed by atoms with Crippen LogP contribution in [0.25, 0.3) is 0 Å². The largest absolute Gasteiger partial charge is 0.504 e. The van der Waals surface area contributed by atoms with Crippen molar-refractivity contribution < 1.29 is 51.0 Å². The predicted octanol–water partition coefficient (Wildman–Crippen LogP) is 6.43. The lowest BCUT2D eigenvalue weighted by molar-refractivity contribution is -0.125. The molecule has 2 saturated heterocycles. The lowest BCUT2D eigenvalue weighted by Crippen LogP contribution is -2.60. The van der Waals surface area contributed by atoms with E-state index in [0.717, 1.165) is 16.5 Å². The van der Waals surface area contributed by atoms with Crippen LogP contribution < -0.4 is 14.5 Å². The molecule has 0 aromatic heterocycles. The fourth-order valence-corrected chi connectivity index (χ4v) is 8.90. The number of nitrogens with zero attached hydrogens (tertiary/aromatic N) is 2. The lowest BCUT2D eigenvalue weighted by atomic mass is 9.56. The highest BCUT2D eigenvalue weighted by Gasteiger charge is 2.77. The normalized spacial score (nSPS) is 28.9. The standard InChI is InChI=1S/C35H25Cl2F5N2O6/c1-3-14-4-7-16(8-5-14)43-30(46)18-10-9-17-19(22(18)31(43)47)13-34(36)32(48)44(29-27(41)25(39)24(38)26(40)28(29)42)33(49)35(34,37)23(17)15-6-11-21(50-2)20(45)12-15/h4-9,11-12,18-19,22-23,45H,3,10,13H2,1-2H3/t18-,19+,22-,23-,34+,35-/m0/s1. The van der Waals surface area contributed by atoms with Gasteiger partial charge in [0.25, 0.3) is 11.8 Å². The second-order valence-corrected chi connectivity index (χ2v) is 13.9. The molecule has 50 heavy (non-hydrogen) atoms. The molecule has 7 rings (SSSR count). The van der Waals surface area contributed by atoms with Crippen LogP contribution in [0.5, 0.6) is 11.5 Å². The fraction of sp³-hybridized carbons (Fsp3) is 0.314. The van der Waals surface area contributed by atoms with Gasteiger partial charge in [-0.2, -0.15) is 0 Å². The van der Waals surface area contributed by atoms with Gasteiger partial charge in [-0.15, -0.1) is 23.2 Å². The number of allylic oxidation sites excluding steroid dienone is 2. The van der Waals surface area contributed by atoms with E-state index in [1.807, 2.05) is 6.92 Å². The molecule has 8 nitrogen and oxygen atoms in total. The molecule has 4 aliphatic rings. The summed E-state index contributed by atoms with van der Waals surface area (Å²) in [5.74, 6) is -21.8. The van der Waals surface area contributed by atoms with Crippen LogP contribution >= 0.6 is 23.2 Å². The first-order valence-electron chi connectivity index (χ1n) is 15.5. The van der Waals surface area contributed by atoms with Crippen LogP contribution in [0.4, 0.5) is 33.3 Å². The number of hydrogen-bond donors (Lipinski definition) is 1. The van der Waals surface area contributed by atoms with Crippen LogP contribution in [0, 0.1) is 46.8 Å². The summed E-state index contributed by atoms with van der Waals surface area (Å²) in [6.07, 6.45) is 1.63. The van der Waals surface area contributed by atoms with Gasteiger partial charge in [0.2, 0.25) is 17.6 Å². The molecule has 2 aliphatic heterocycles. The van der Waals surface area contributed by atoms with Gasteiger partial charge in [-0.1, -0.05) is 36.8 Å². The Labute approximate surface area is 291 Å². The molecule has 1 saturated carbocycles. The van der Waals surface area contributed by atoms with Crippen molar-refractivity contribution >= 4 is 58.2 Å². The van der Waals surface area contributed by atoms with Crippen LogP contribution in [0.15, 0.2) is 54.1 Å². The number of benzene rings is 3. The molecule has 0 bridgehead atoms. The second kappa shape index (κ2) is 11.5. The Kier molecular flexibility index (Phi) is 7.83. The maximum atomic E-state index is 15.2. The topological polar surface area (TPSA) is 104 Å². The number of amides is 4. The van der Waals surface area contributed by atoms with Gasteiger partial charge in [-0.25, -0.2) is 26.9 Å². The van der Waals surface area contributed by atoms with E-state index in [-0.39, 0.29) is 28.2 Å². The zero-order chi connectivity index (χ0) is 36.2. The average Bonchev–Trinajstić information content (AvgIpc) is 3.44. The third-order valence-corrected chi connectivity index (χ3v) is 11.8. The molecule has 1 N–H and O–H groups in total. The van der Waals surface area contributed by atoms with E-state index >= 15 is 8.78 Å². The van der Waals surface area contributed by atoms with Crippen LogP contribution in [0.3, 0.4) is 0 Å². The Morgan fingerprint density at radius 1 is 0.840 bits per heavy atom. The molecule has 0 unspecified atom stereocenters. The van der Waals surface area contributed by atoms with E-state index in [9.17, 15) is 37.5 Å². The van der Waals surface area contributed by atoms with E-state index in [4.69, 9.17) is 27.9 Å². The van der Waals surface area contributed by atoms with E-state index < -0.39 is 104 Å². The number of methoxy groups -OCH3 is 1. The zero-order valence-corrected chi connectivity index (χ0v) is 27.6. The SMILES string of the molecule is CCc1ccc(N2C(=O)[C@H]3[C@H](CC=C4[C@H]3C[C@@]3(Cl)C(=O)N(c5c(F)c(F)c(F)c(F)c5F)C(=O)[C@@]3(Cl)[C@H]4c3ccc(OC)c(O)c3)C2=O)cc1. The lowest BCUT2D eigenvalue weighted by Gasteiger charge is -2.50. The summed E-state index contributed by atoms with van der Waals surface area (Å²) in [7, 11) is 1.27. The Hall–Kier alpha value is -4.49. The molecular weight excluding hydrogens is 710 g/mol. The summed E-state index contributed by atoms with van der Waals surface area (Å²) in [5.41, 5.74) is -0.311. The molecule has 3 aromatic carbocycles. The summed E-state index contributed by atoms with van der Waals surface area (Å²) in [6, 6.07) is 10.6. The van der Waals surface area contributed by atoms with Crippen LogP contribution in [-0.2, 0) is 25.6 Å². The van der Waals surface area contributed by atoms with Crippen LogP contribution in [0.1, 0.15) is 36.8 Å². The summed E-state index contributed by atoms with van der Waals surface area (Å²) in [6.45, 7) is 1.94.